The van der Waals surface area contributed by atoms with Gasteiger partial charge in [0, 0.05) is 30.0 Å². The van der Waals surface area contributed by atoms with Crippen molar-refractivity contribution < 1.29 is 9.84 Å². The number of aromatic nitrogens is 2. The molecule has 1 aromatic heterocycles. The van der Waals surface area contributed by atoms with E-state index < -0.39 is 6.10 Å². The Hall–Kier alpha value is -1.98. The lowest BCUT2D eigenvalue weighted by atomic mass is 10.1. The van der Waals surface area contributed by atoms with E-state index in [1.54, 1.807) is 0 Å². The lowest BCUT2D eigenvalue weighted by Gasteiger charge is -2.19. The average Bonchev–Trinajstić information content (AvgIpc) is 2.52. The maximum atomic E-state index is 10.4. The van der Waals surface area contributed by atoms with Crippen molar-refractivity contribution in [3.8, 4) is 5.75 Å². The Bertz CT molecular complexity index is 673. The van der Waals surface area contributed by atoms with Gasteiger partial charge in [-0.25, -0.2) is 9.97 Å². The normalized spacial score (nSPS) is 13.8. The fourth-order valence-corrected chi connectivity index (χ4v) is 2.60. The van der Waals surface area contributed by atoms with Crippen LogP contribution in [0.3, 0.4) is 0 Å². The predicted octanol–water partition coefficient (Wildman–Crippen LogP) is 3.26. The van der Waals surface area contributed by atoms with Crippen molar-refractivity contribution in [3.05, 3.63) is 53.1 Å². The summed E-state index contributed by atoms with van der Waals surface area (Å²) in [6, 6.07) is 7.66. The number of aliphatic hydroxyl groups excluding tert-OH is 1. The van der Waals surface area contributed by atoms with Crippen molar-refractivity contribution in [2.24, 2.45) is 0 Å². The number of nitrogens with zero attached hydrogens (tertiary/aromatic N) is 2. The number of rotatable bonds is 7. The van der Waals surface area contributed by atoms with Crippen LogP contribution in [0.15, 0.2) is 30.5 Å². The summed E-state index contributed by atoms with van der Waals surface area (Å²) in [4.78, 5) is 8.64. The Balaban J connectivity index is 1.98. The van der Waals surface area contributed by atoms with E-state index in [4.69, 9.17) is 4.74 Å². The van der Waals surface area contributed by atoms with Crippen LogP contribution in [-0.2, 0) is 0 Å². The molecule has 2 rings (SSSR count). The summed E-state index contributed by atoms with van der Waals surface area (Å²) < 4.78 is 5.68. The third-order valence-corrected chi connectivity index (χ3v) is 3.84. The van der Waals surface area contributed by atoms with Crippen LogP contribution in [-0.4, -0.2) is 27.7 Å². The Labute approximate surface area is 144 Å². The molecule has 5 heteroatoms. The van der Waals surface area contributed by atoms with E-state index in [9.17, 15) is 5.11 Å². The van der Waals surface area contributed by atoms with Crippen LogP contribution in [0, 0.1) is 13.8 Å². The second kappa shape index (κ2) is 8.22. The molecular weight excluding hydrogens is 302 g/mol. The van der Waals surface area contributed by atoms with Gasteiger partial charge in [-0.3, -0.25) is 0 Å². The molecular formula is C19H27N3O2. The van der Waals surface area contributed by atoms with Gasteiger partial charge >= 0.3 is 0 Å². The van der Waals surface area contributed by atoms with Crippen LogP contribution in [0.1, 0.15) is 55.6 Å². The molecule has 0 aliphatic rings. The van der Waals surface area contributed by atoms with Crippen molar-refractivity contribution in [1.29, 1.82) is 0 Å². The average molecular weight is 329 g/mol. The number of aryl methyl sites for hydroxylation is 2. The van der Waals surface area contributed by atoms with E-state index in [0.717, 1.165) is 28.4 Å². The Morgan fingerprint density at radius 3 is 2.62 bits per heavy atom. The second-order valence-corrected chi connectivity index (χ2v) is 6.34. The van der Waals surface area contributed by atoms with E-state index in [0.29, 0.717) is 6.54 Å². The van der Waals surface area contributed by atoms with E-state index in [2.05, 4.69) is 15.3 Å². The molecule has 0 aliphatic heterocycles. The Morgan fingerprint density at radius 1 is 1.21 bits per heavy atom. The van der Waals surface area contributed by atoms with E-state index in [-0.39, 0.29) is 12.1 Å². The fraction of sp³-hybridized carbons (Fsp3) is 0.474. The van der Waals surface area contributed by atoms with Crippen LogP contribution < -0.4 is 10.1 Å². The van der Waals surface area contributed by atoms with Gasteiger partial charge in [-0.1, -0.05) is 12.1 Å². The largest absolute Gasteiger partial charge is 0.491 e. The minimum absolute atomic E-state index is 0.0651. The minimum Gasteiger partial charge on any atom is -0.491 e. The Kier molecular flexibility index (Phi) is 6.29. The van der Waals surface area contributed by atoms with Gasteiger partial charge in [-0.05, 0) is 52.3 Å². The van der Waals surface area contributed by atoms with E-state index >= 15 is 0 Å². The molecule has 0 aliphatic carbocycles. The van der Waals surface area contributed by atoms with Crippen LogP contribution in [0.5, 0.6) is 5.75 Å². The highest BCUT2D eigenvalue weighted by molar-refractivity contribution is 5.30. The molecule has 24 heavy (non-hydrogen) atoms. The summed E-state index contributed by atoms with van der Waals surface area (Å²) in [5.41, 5.74) is 2.85. The lowest BCUT2D eigenvalue weighted by Crippen LogP contribution is -2.25. The first-order chi connectivity index (χ1) is 11.4. The van der Waals surface area contributed by atoms with Gasteiger partial charge in [0.1, 0.15) is 11.6 Å². The van der Waals surface area contributed by atoms with Gasteiger partial charge in [0.2, 0.25) is 0 Å². The van der Waals surface area contributed by atoms with Crippen molar-refractivity contribution in [2.45, 2.75) is 52.9 Å². The molecule has 2 atom stereocenters. The lowest BCUT2D eigenvalue weighted by molar-refractivity contribution is 0.169. The van der Waals surface area contributed by atoms with Gasteiger partial charge in [0.15, 0.2) is 0 Å². The molecule has 1 aromatic carbocycles. The summed E-state index contributed by atoms with van der Waals surface area (Å²) in [5.74, 6) is 1.54. The van der Waals surface area contributed by atoms with Gasteiger partial charge in [-0.2, -0.15) is 0 Å². The van der Waals surface area contributed by atoms with Crippen LogP contribution >= 0.6 is 0 Å². The molecule has 0 bridgehead atoms. The van der Waals surface area contributed by atoms with Gasteiger partial charge in [-0.15, -0.1) is 0 Å². The number of ether oxygens (including phenoxy) is 1. The van der Waals surface area contributed by atoms with Gasteiger partial charge in [0.05, 0.1) is 12.2 Å². The zero-order chi connectivity index (χ0) is 17.7. The first-order valence-corrected chi connectivity index (χ1v) is 8.35. The highest BCUT2D eigenvalue weighted by Gasteiger charge is 2.14. The van der Waals surface area contributed by atoms with Crippen molar-refractivity contribution in [3.63, 3.8) is 0 Å². The zero-order valence-corrected chi connectivity index (χ0v) is 15.1. The van der Waals surface area contributed by atoms with Gasteiger partial charge < -0.3 is 15.2 Å². The summed E-state index contributed by atoms with van der Waals surface area (Å²) >= 11 is 0. The molecule has 2 aromatic rings. The number of benzene rings is 1. The molecule has 130 valence electrons. The number of hydrogen-bond donors (Lipinski definition) is 2. The quantitative estimate of drug-likeness (QED) is 0.816. The highest BCUT2D eigenvalue weighted by Crippen LogP contribution is 2.21. The van der Waals surface area contributed by atoms with Crippen molar-refractivity contribution in [2.75, 3.05) is 6.54 Å². The standard InChI is InChI=1S/C19H27N3O2/c1-12(2)24-17-8-6-7-16(9-17)19(23)11-20-13(3)18-10-21-15(5)22-14(18)4/h6-10,12-13,19-20,23H,11H2,1-5H3. The summed E-state index contributed by atoms with van der Waals surface area (Å²) in [6.45, 7) is 10.3. The monoisotopic (exact) mass is 329 g/mol. The molecule has 2 N–H and O–H groups in total. The maximum absolute atomic E-state index is 10.4. The third-order valence-electron chi connectivity index (χ3n) is 3.84. The first-order valence-electron chi connectivity index (χ1n) is 8.35. The van der Waals surface area contributed by atoms with Gasteiger partial charge in [0.25, 0.3) is 0 Å². The van der Waals surface area contributed by atoms with E-state index in [1.165, 1.54) is 0 Å². The smallest absolute Gasteiger partial charge is 0.125 e. The molecule has 0 saturated carbocycles. The molecule has 0 spiro atoms. The zero-order valence-electron chi connectivity index (χ0n) is 15.1. The number of hydrogen-bond acceptors (Lipinski definition) is 5. The number of aliphatic hydroxyl groups is 1. The highest BCUT2D eigenvalue weighted by atomic mass is 16.5. The number of nitrogens with one attached hydrogen (secondary N) is 1. The second-order valence-electron chi connectivity index (χ2n) is 6.34. The Morgan fingerprint density at radius 2 is 1.96 bits per heavy atom. The van der Waals surface area contributed by atoms with Crippen LogP contribution in [0.2, 0.25) is 0 Å². The fourth-order valence-electron chi connectivity index (χ4n) is 2.60. The molecule has 2 unspecified atom stereocenters. The van der Waals surface area contributed by atoms with Crippen LogP contribution in [0.4, 0.5) is 0 Å². The topological polar surface area (TPSA) is 67.3 Å². The molecule has 0 radical (unpaired) electrons. The maximum Gasteiger partial charge on any atom is 0.125 e. The first kappa shape index (κ1) is 18.4. The predicted molar refractivity (Wildman–Crippen MR) is 95.1 cm³/mol. The summed E-state index contributed by atoms with van der Waals surface area (Å²) in [7, 11) is 0. The minimum atomic E-state index is -0.602. The van der Waals surface area contributed by atoms with Crippen LogP contribution in [0.25, 0.3) is 0 Å². The van der Waals surface area contributed by atoms with Crippen molar-refractivity contribution in [1.82, 2.24) is 15.3 Å². The molecule has 0 amide bonds. The molecule has 0 fully saturated rings. The molecule has 1 heterocycles. The molecule has 0 saturated heterocycles. The SMILES string of the molecule is Cc1ncc(C(C)NCC(O)c2cccc(OC(C)C)c2)c(C)n1. The van der Waals surface area contributed by atoms with E-state index in [1.807, 2.05) is 65.1 Å². The molecule has 5 nitrogen and oxygen atoms in total. The summed E-state index contributed by atoms with van der Waals surface area (Å²) in [6.07, 6.45) is 1.36. The third kappa shape index (κ3) is 5.01. The van der Waals surface area contributed by atoms with Crippen molar-refractivity contribution >= 4 is 0 Å². The summed E-state index contributed by atoms with van der Waals surface area (Å²) in [5, 5.41) is 13.8.